The van der Waals surface area contributed by atoms with Gasteiger partial charge >= 0.3 is 0 Å². The number of likely N-dealkylation sites (tertiary alicyclic amines) is 1. The second-order valence-corrected chi connectivity index (χ2v) is 7.75. The molecule has 0 unspecified atom stereocenters. The Bertz CT molecular complexity index is 1030. The number of carbonyl (C=O) groups is 1. The Morgan fingerprint density at radius 3 is 2.54 bits per heavy atom. The third kappa shape index (κ3) is 2.83. The van der Waals surface area contributed by atoms with E-state index in [2.05, 4.69) is 15.1 Å². The number of carbonyl (C=O) groups excluding carboxylic acids is 1. The lowest BCUT2D eigenvalue weighted by Gasteiger charge is -2.32. The highest BCUT2D eigenvalue weighted by atomic mass is 16.3. The number of anilines is 1. The van der Waals surface area contributed by atoms with Gasteiger partial charge in [0.25, 0.3) is 5.91 Å². The summed E-state index contributed by atoms with van der Waals surface area (Å²) in [5.74, 6) is 3.66. The molecule has 1 amide bonds. The van der Waals surface area contributed by atoms with Gasteiger partial charge in [-0.1, -0.05) is 0 Å². The van der Waals surface area contributed by atoms with Gasteiger partial charge in [0, 0.05) is 32.1 Å². The molecule has 5 heterocycles. The van der Waals surface area contributed by atoms with Gasteiger partial charge in [-0.3, -0.25) is 4.79 Å². The Labute approximate surface area is 163 Å². The molecule has 0 N–H and O–H groups in total. The van der Waals surface area contributed by atoms with Gasteiger partial charge in [-0.15, -0.1) is 15.3 Å². The summed E-state index contributed by atoms with van der Waals surface area (Å²) in [4.78, 5) is 17.0. The number of nitrogens with zero attached hydrogens (tertiary/aromatic N) is 6. The van der Waals surface area contributed by atoms with E-state index in [4.69, 9.17) is 9.52 Å². The van der Waals surface area contributed by atoms with Crippen LogP contribution in [0.4, 0.5) is 5.82 Å². The lowest BCUT2D eigenvalue weighted by atomic mass is 9.95. The molecule has 146 valence electrons. The van der Waals surface area contributed by atoms with E-state index in [-0.39, 0.29) is 11.8 Å². The van der Waals surface area contributed by atoms with Crippen LogP contribution in [0.5, 0.6) is 0 Å². The number of piperidine rings is 1. The Morgan fingerprint density at radius 1 is 1.11 bits per heavy atom. The average Bonchev–Trinajstić information content (AvgIpc) is 3.22. The number of aryl methyl sites for hydroxylation is 2. The molecule has 2 saturated heterocycles. The zero-order valence-electron chi connectivity index (χ0n) is 16.3. The van der Waals surface area contributed by atoms with Gasteiger partial charge in [0.1, 0.15) is 17.3 Å². The van der Waals surface area contributed by atoms with Crippen LogP contribution < -0.4 is 4.90 Å². The molecule has 5 rings (SSSR count). The van der Waals surface area contributed by atoms with Crippen molar-refractivity contribution in [1.29, 1.82) is 0 Å². The topological polar surface area (TPSA) is 79.8 Å². The van der Waals surface area contributed by atoms with Gasteiger partial charge in [0.05, 0.1) is 5.56 Å². The van der Waals surface area contributed by atoms with Crippen LogP contribution in [0.25, 0.3) is 5.65 Å². The summed E-state index contributed by atoms with van der Waals surface area (Å²) in [6.45, 7) is 7.24. The van der Waals surface area contributed by atoms with E-state index in [0.29, 0.717) is 24.4 Å². The first-order chi connectivity index (χ1) is 13.6. The van der Waals surface area contributed by atoms with Gasteiger partial charge in [-0.05, 0) is 51.3 Å². The van der Waals surface area contributed by atoms with Crippen LogP contribution in [-0.4, -0.2) is 56.8 Å². The molecule has 0 bridgehead atoms. The number of furan rings is 1. The number of hydrogen-bond acceptors (Lipinski definition) is 6. The lowest BCUT2D eigenvalue weighted by Crippen LogP contribution is -2.39. The van der Waals surface area contributed by atoms with Crippen molar-refractivity contribution in [2.45, 2.75) is 39.0 Å². The van der Waals surface area contributed by atoms with Crippen molar-refractivity contribution in [2.24, 2.45) is 0 Å². The third-order valence-corrected chi connectivity index (χ3v) is 5.87. The quantitative estimate of drug-likeness (QED) is 0.695. The molecular formula is C20H24N6O2. The van der Waals surface area contributed by atoms with E-state index < -0.39 is 0 Å². The molecule has 2 aliphatic rings. The molecule has 3 aromatic rings. The fourth-order valence-electron chi connectivity index (χ4n) is 4.12. The van der Waals surface area contributed by atoms with Crippen molar-refractivity contribution in [1.82, 2.24) is 24.7 Å². The number of rotatable bonds is 3. The highest BCUT2D eigenvalue weighted by Crippen LogP contribution is 2.29. The Balaban J connectivity index is 1.32. The second kappa shape index (κ2) is 6.61. The average molecular weight is 380 g/mol. The largest absolute Gasteiger partial charge is 0.466 e. The van der Waals surface area contributed by atoms with Crippen molar-refractivity contribution in [3.05, 3.63) is 41.1 Å². The van der Waals surface area contributed by atoms with Gasteiger partial charge in [0.2, 0.25) is 0 Å². The number of amides is 1. The summed E-state index contributed by atoms with van der Waals surface area (Å²) >= 11 is 0. The standard InChI is InChI=1S/C20H24N6O2/c1-13-12-16(14(2)28-13)20(27)25-10-6-15(7-11-25)19-22-21-17-4-5-18(23-26(17)19)24-8-3-9-24/h4-5,12,15H,3,6-11H2,1-2H3. The Kier molecular flexibility index (Phi) is 4.07. The Morgan fingerprint density at radius 2 is 1.89 bits per heavy atom. The summed E-state index contributed by atoms with van der Waals surface area (Å²) in [6, 6.07) is 5.83. The maximum absolute atomic E-state index is 12.8. The molecule has 0 spiro atoms. The minimum Gasteiger partial charge on any atom is -0.466 e. The number of fused-ring (bicyclic) bond motifs is 1. The smallest absolute Gasteiger partial charge is 0.257 e. The predicted molar refractivity (Wildman–Crippen MR) is 104 cm³/mol. The van der Waals surface area contributed by atoms with Gasteiger partial charge in [0.15, 0.2) is 11.5 Å². The van der Waals surface area contributed by atoms with E-state index in [1.807, 2.05) is 41.5 Å². The predicted octanol–water partition coefficient (Wildman–Crippen LogP) is 2.56. The second-order valence-electron chi connectivity index (χ2n) is 7.75. The molecule has 0 radical (unpaired) electrons. The minimum atomic E-state index is 0.0529. The van der Waals surface area contributed by atoms with Crippen LogP contribution in [0.15, 0.2) is 22.6 Å². The summed E-state index contributed by atoms with van der Waals surface area (Å²) < 4.78 is 7.41. The zero-order chi connectivity index (χ0) is 19.3. The number of hydrogen-bond donors (Lipinski definition) is 0. The molecular weight excluding hydrogens is 356 g/mol. The normalized spacial score (nSPS) is 17.9. The van der Waals surface area contributed by atoms with Gasteiger partial charge in [-0.25, -0.2) is 0 Å². The molecule has 0 aromatic carbocycles. The molecule has 0 atom stereocenters. The zero-order valence-corrected chi connectivity index (χ0v) is 16.3. The first-order valence-corrected chi connectivity index (χ1v) is 9.94. The van der Waals surface area contributed by atoms with Crippen molar-refractivity contribution >= 4 is 17.4 Å². The molecule has 2 aliphatic heterocycles. The van der Waals surface area contributed by atoms with Crippen LogP contribution in [0.2, 0.25) is 0 Å². The first-order valence-electron chi connectivity index (χ1n) is 9.94. The van der Waals surface area contributed by atoms with E-state index in [0.717, 1.165) is 49.0 Å². The van der Waals surface area contributed by atoms with Crippen LogP contribution in [0, 0.1) is 13.8 Å². The number of aromatic nitrogens is 4. The summed E-state index contributed by atoms with van der Waals surface area (Å²) in [5.41, 5.74) is 1.45. The molecule has 2 fully saturated rings. The molecule has 0 saturated carbocycles. The van der Waals surface area contributed by atoms with Crippen molar-refractivity contribution in [3.8, 4) is 0 Å². The minimum absolute atomic E-state index is 0.0529. The highest BCUT2D eigenvalue weighted by Gasteiger charge is 2.29. The summed E-state index contributed by atoms with van der Waals surface area (Å²) in [7, 11) is 0. The maximum Gasteiger partial charge on any atom is 0.257 e. The van der Waals surface area contributed by atoms with Crippen LogP contribution >= 0.6 is 0 Å². The fraction of sp³-hybridized carbons (Fsp3) is 0.500. The van der Waals surface area contributed by atoms with E-state index in [9.17, 15) is 4.79 Å². The van der Waals surface area contributed by atoms with Gasteiger partial charge < -0.3 is 14.2 Å². The van der Waals surface area contributed by atoms with Crippen LogP contribution in [0.1, 0.15) is 52.9 Å². The van der Waals surface area contributed by atoms with Crippen molar-refractivity contribution in [3.63, 3.8) is 0 Å². The van der Waals surface area contributed by atoms with E-state index in [1.165, 1.54) is 6.42 Å². The molecule has 0 aliphatic carbocycles. The SMILES string of the molecule is Cc1cc(C(=O)N2CCC(c3nnc4ccc(N5CCC5)nn34)CC2)c(C)o1. The van der Waals surface area contributed by atoms with E-state index in [1.54, 1.807) is 0 Å². The van der Waals surface area contributed by atoms with Crippen LogP contribution in [0.3, 0.4) is 0 Å². The lowest BCUT2D eigenvalue weighted by molar-refractivity contribution is 0.0709. The van der Waals surface area contributed by atoms with Crippen molar-refractivity contribution in [2.75, 3.05) is 31.1 Å². The van der Waals surface area contributed by atoms with Gasteiger partial charge in [-0.2, -0.15) is 4.52 Å². The Hall–Kier alpha value is -2.90. The summed E-state index contributed by atoms with van der Waals surface area (Å²) in [6.07, 6.45) is 2.94. The molecule has 8 heteroatoms. The molecule has 28 heavy (non-hydrogen) atoms. The monoisotopic (exact) mass is 380 g/mol. The highest BCUT2D eigenvalue weighted by molar-refractivity contribution is 5.95. The summed E-state index contributed by atoms with van der Waals surface area (Å²) in [5, 5.41) is 13.5. The molecule has 3 aromatic heterocycles. The maximum atomic E-state index is 12.8. The first kappa shape index (κ1) is 17.2. The fourth-order valence-corrected chi connectivity index (χ4v) is 4.12. The third-order valence-electron chi connectivity index (χ3n) is 5.87. The van der Waals surface area contributed by atoms with Crippen LogP contribution in [-0.2, 0) is 0 Å². The van der Waals surface area contributed by atoms with Crippen molar-refractivity contribution < 1.29 is 9.21 Å². The molecule has 8 nitrogen and oxygen atoms in total. The van der Waals surface area contributed by atoms with E-state index >= 15 is 0 Å².